The van der Waals surface area contributed by atoms with Gasteiger partial charge in [0.1, 0.15) is 11.6 Å². The van der Waals surface area contributed by atoms with E-state index in [4.69, 9.17) is 9.47 Å². The molecule has 1 aromatic carbocycles. The number of unbranched alkanes of at least 4 members (excludes halogenated alkanes) is 1. The fourth-order valence-electron chi connectivity index (χ4n) is 2.43. The van der Waals surface area contributed by atoms with E-state index in [1.807, 2.05) is 0 Å². The lowest BCUT2D eigenvalue weighted by Crippen LogP contribution is -2.17. The van der Waals surface area contributed by atoms with Crippen LogP contribution in [0.1, 0.15) is 30.9 Å². The zero-order valence-corrected chi connectivity index (χ0v) is 13.6. The number of fused-ring (bicyclic) bond motifs is 1. The molecule has 3 rings (SSSR count). The van der Waals surface area contributed by atoms with Crippen molar-refractivity contribution in [2.45, 2.75) is 43.8 Å². The van der Waals surface area contributed by atoms with Crippen molar-refractivity contribution in [1.82, 2.24) is 14.8 Å². The lowest BCUT2D eigenvalue weighted by atomic mass is 10.1. The quantitative estimate of drug-likeness (QED) is 0.820. The van der Waals surface area contributed by atoms with Crippen LogP contribution in [0.25, 0.3) is 0 Å². The molecule has 0 aliphatic carbocycles. The molecule has 23 heavy (non-hydrogen) atoms. The first kappa shape index (κ1) is 16.1. The van der Waals surface area contributed by atoms with Crippen LogP contribution in [0.15, 0.2) is 22.1 Å². The second-order valence-corrected chi connectivity index (χ2v) is 6.21. The van der Waals surface area contributed by atoms with Crippen molar-refractivity contribution in [3.05, 3.63) is 39.6 Å². The first-order valence-electron chi connectivity index (χ1n) is 7.49. The van der Waals surface area contributed by atoms with Crippen molar-refractivity contribution < 1.29 is 13.9 Å². The highest BCUT2D eigenvalue weighted by Crippen LogP contribution is 2.33. The summed E-state index contributed by atoms with van der Waals surface area (Å²) in [4.78, 5) is 11.8. The van der Waals surface area contributed by atoms with Crippen molar-refractivity contribution >= 4 is 11.8 Å². The first-order valence-corrected chi connectivity index (χ1v) is 8.47. The lowest BCUT2D eigenvalue weighted by molar-refractivity contribution is -0.0171. The average molecular weight is 339 g/mol. The third-order valence-corrected chi connectivity index (χ3v) is 4.59. The van der Waals surface area contributed by atoms with Gasteiger partial charge in [-0.3, -0.25) is 4.57 Å². The molecule has 0 amide bonds. The third kappa shape index (κ3) is 3.59. The average Bonchev–Trinajstić information content (AvgIpc) is 2.90. The Kier molecular flexibility index (Phi) is 5.02. The SMILES string of the molecule is CCCCn1c(SCc2cc(F)cc3c2OCOC3)n[nH]c1=O. The fourth-order valence-corrected chi connectivity index (χ4v) is 3.37. The summed E-state index contributed by atoms with van der Waals surface area (Å²) in [7, 11) is 0. The molecule has 0 saturated heterocycles. The second kappa shape index (κ2) is 7.18. The Morgan fingerprint density at radius 1 is 1.48 bits per heavy atom. The van der Waals surface area contributed by atoms with Gasteiger partial charge in [-0.2, -0.15) is 0 Å². The van der Waals surface area contributed by atoms with Gasteiger partial charge in [-0.25, -0.2) is 14.3 Å². The smallest absolute Gasteiger partial charge is 0.343 e. The number of hydrogen-bond donors (Lipinski definition) is 1. The number of hydrogen-bond acceptors (Lipinski definition) is 5. The molecule has 1 aliphatic rings. The van der Waals surface area contributed by atoms with Crippen molar-refractivity contribution in [1.29, 1.82) is 0 Å². The van der Waals surface area contributed by atoms with Gasteiger partial charge in [0.25, 0.3) is 0 Å². The summed E-state index contributed by atoms with van der Waals surface area (Å²) in [5.41, 5.74) is 1.23. The van der Waals surface area contributed by atoms with Gasteiger partial charge < -0.3 is 9.47 Å². The molecular formula is C15H18FN3O3S. The van der Waals surface area contributed by atoms with Crippen LogP contribution in [0.2, 0.25) is 0 Å². The molecule has 2 heterocycles. The molecule has 8 heteroatoms. The molecular weight excluding hydrogens is 321 g/mol. The van der Waals surface area contributed by atoms with Crippen molar-refractivity contribution in [3.8, 4) is 5.75 Å². The Morgan fingerprint density at radius 3 is 3.17 bits per heavy atom. The van der Waals surface area contributed by atoms with Crippen LogP contribution in [0.4, 0.5) is 4.39 Å². The highest BCUT2D eigenvalue weighted by Gasteiger charge is 2.18. The summed E-state index contributed by atoms with van der Waals surface area (Å²) in [5.74, 6) is 0.818. The molecule has 0 atom stereocenters. The normalized spacial score (nSPS) is 13.7. The zero-order valence-electron chi connectivity index (χ0n) is 12.8. The van der Waals surface area contributed by atoms with Crippen molar-refractivity contribution in [2.24, 2.45) is 0 Å². The van der Waals surface area contributed by atoms with Gasteiger partial charge in [-0.05, 0) is 18.6 Å². The number of nitrogens with zero attached hydrogens (tertiary/aromatic N) is 2. The molecule has 0 saturated carbocycles. The monoisotopic (exact) mass is 339 g/mol. The van der Waals surface area contributed by atoms with E-state index in [1.165, 1.54) is 23.9 Å². The van der Waals surface area contributed by atoms with Gasteiger partial charge in [-0.15, -0.1) is 5.10 Å². The van der Waals surface area contributed by atoms with E-state index in [9.17, 15) is 9.18 Å². The lowest BCUT2D eigenvalue weighted by Gasteiger charge is -2.20. The van der Waals surface area contributed by atoms with Gasteiger partial charge in [0.2, 0.25) is 0 Å². The van der Waals surface area contributed by atoms with Gasteiger partial charge in [0, 0.05) is 23.4 Å². The standard InChI is InChI=1S/C15H18FN3O3S/c1-2-3-4-19-14(20)17-18-15(19)23-8-11-6-12(16)5-10-7-21-9-22-13(10)11/h5-6H,2-4,7-9H2,1H3,(H,17,20). The van der Waals surface area contributed by atoms with E-state index in [-0.39, 0.29) is 18.3 Å². The summed E-state index contributed by atoms with van der Waals surface area (Å²) in [6.45, 7) is 3.20. The minimum absolute atomic E-state index is 0.167. The van der Waals surface area contributed by atoms with Crippen LogP contribution in [0.3, 0.4) is 0 Å². The number of benzene rings is 1. The van der Waals surface area contributed by atoms with E-state index in [1.54, 1.807) is 4.57 Å². The summed E-state index contributed by atoms with van der Waals surface area (Å²) < 4.78 is 26.0. The van der Waals surface area contributed by atoms with Gasteiger partial charge in [0.05, 0.1) is 6.61 Å². The molecule has 124 valence electrons. The number of ether oxygens (including phenoxy) is 2. The summed E-state index contributed by atoms with van der Waals surface area (Å²) in [6.07, 6.45) is 1.90. The Balaban J connectivity index is 1.79. The molecule has 2 aromatic rings. The van der Waals surface area contributed by atoms with Crippen LogP contribution in [-0.2, 0) is 23.6 Å². The van der Waals surface area contributed by atoms with Crippen molar-refractivity contribution in [3.63, 3.8) is 0 Å². The topological polar surface area (TPSA) is 69.1 Å². The van der Waals surface area contributed by atoms with E-state index >= 15 is 0 Å². The van der Waals surface area contributed by atoms with Gasteiger partial charge in [0.15, 0.2) is 11.9 Å². The number of nitrogens with one attached hydrogen (secondary N) is 1. The van der Waals surface area contributed by atoms with Crippen LogP contribution in [0.5, 0.6) is 5.75 Å². The van der Waals surface area contributed by atoms with E-state index in [0.717, 1.165) is 18.4 Å². The number of aromatic amines is 1. The van der Waals surface area contributed by atoms with Crippen molar-refractivity contribution in [2.75, 3.05) is 6.79 Å². The van der Waals surface area contributed by atoms with Crippen LogP contribution in [-0.4, -0.2) is 21.6 Å². The Bertz CT molecular complexity index is 744. The number of H-pyrrole nitrogens is 1. The number of halogens is 1. The molecule has 0 radical (unpaired) electrons. The highest BCUT2D eigenvalue weighted by molar-refractivity contribution is 7.98. The molecule has 6 nitrogen and oxygen atoms in total. The number of aromatic nitrogens is 3. The number of thioether (sulfide) groups is 1. The first-order chi connectivity index (χ1) is 11.2. The maximum atomic E-state index is 13.7. The summed E-state index contributed by atoms with van der Waals surface area (Å²) in [6, 6.07) is 2.88. The maximum absolute atomic E-state index is 13.7. The molecule has 1 aliphatic heterocycles. The molecule has 0 fully saturated rings. The van der Waals surface area contributed by atoms with Crippen LogP contribution in [0, 0.1) is 5.82 Å². The summed E-state index contributed by atoms with van der Waals surface area (Å²) >= 11 is 1.39. The number of rotatable bonds is 6. The second-order valence-electron chi connectivity index (χ2n) is 5.27. The van der Waals surface area contributed by atoms with Crippen LogP contribution >= 0.6 is 11.8 Å². The molecule has 0 unspecified atom stereocenters. The Labute approximate surface area is 137 Å². The van der Waals surface area contributed by atoms with Crippen LogP contribution < -0.4 is 10.4 Å². The van der Waals surface area contributed by atoms with Gasteiger partial charge in [-0.1, -0.05) is 25.1 Å². The van der Waals surface area contributed by atoms with E-state index < -0.39 is 0 Å². The molecule has 0 spiro atoms. The zero-order chi connectivity index (χ0) is 16.2. The Hall–Kier alpha value is -1.80. The fraction of sp³-hybridized carbons (Fsp3) is 0.467. The third-order valence-electron chi connectivity index (χ3n) is 3.57. The minimum Gasteiger partial charge on any atom is -0.467 e. The maximum Gasteiger partial charge on any atom is 0.343 e. The van der Waals surface area contributed by atoms with Gasteiger partial charge >= 0.3 is 5.69 Å². The van der Waals surface area contributed by atoms with E-state index in [0.29, 0.717) is 35.4 Å². The highest BCUT2D eigenvalue weighted by atomic mass is 32.2. The van der Waals surface area contributed by atoms with E-state index in [2.05, 4.69) is 17.1 Å². The molecule has 1 N–H and O–H groups in total. The Morgan fingerprint density at radius 2 is 2.35 bits per heavy atom. The predicted octanol–water partition coefficient (Wildman–Crippen LogP) is 2.67. The predicted molar refractivity (Wildman–Crippen MR) is 84.0 cm³/mol. The molecule has 1 aromatic heterocycles. The minimum atomic E-state index is -0.321. The largest absolute Gasteiger partial charge is 0.467 e. The summed E-state index contributed by atoms with van der Waals surface area (Å²) in [5, 5.41) is 7.12. The molecule has 0 bridgehead atoms.